The molecule has 0 heterocycles. The summed E-state index contributed by atoms with van der Waals surface area (Å²) in [6, 6.07) is 0. The molecule has 0 aromatic heterocycles. The zero-order valence-electron chi connectivity index (χ0n) is 10.4. The summed E-state index contributed by atoms with van der Waals surface area (Å²) >= 11 is 0. The fourth-order valence-electron chi connectivity index (χ4n) is 2.53. The molecule has 96 valence electrons. The van der Waals surface area contributed by atoms with Crippen LogP contribution in [-0.4, -0.2) is 25.1 Å². The van der Waals surface area contributed by atoms with Crippen molar-refractivity contribution in [3.8, 4) is 0 Å². The quantitative estimate of drug-likeness (QED) is 0.308. The Hall–Kier alpha value is -1.19. The number of ketones is 1. The summed E-state index contributed by atoms with van der Waals surface area (Å²) in [6.07, 6.45) is 6.07. The van der Waals surface area contributed by atoms with Gasteiger partial charge in [0.25, 0.3) is 0 Å². The van der Waals surface area contributed by atoms with Gasteiger partial charge >= 0.3 is 5.97 Å². The van der Waals surface area contributed by atoms with Crippen molar-refractivity contribution in [3.05, 3.63) is 0 Å². The number of carbonyl (C=O) groups is 3. The van der Waals surface area contributed by atoms with E-state index in [-0.39, 0.29) is 5.78 Å². The van der Waals surface area contributed by atoms with Crippen LogP contribution in [0.3, 0.4) is 0 Å². The lowest BCUT2D eigenvalue weighted by molar-refractivity contribution is -0.160. The van der Waals surface area contributed by atoms with Gasteiger partial charge in [0.15, 0.2) is 0 Å². The molecule has 1 saturated carbocycles. The van der Waals surface area contributed by atoms with Gasteiger partial charge in [-0.25, -0.2) is 0 Å². The van der Waals surface area contributed by atoms with E-state index in [1.807, 2.05) is 0 Å². The molecule has 0 amide bonds. The zero-order chi connectivity index (χ0) is 12.7. The van der Waals surface area contributed by atoms with Gasteiger partial charge in [0.05, 0.1) is 7.11 Å². The Morgan fingerprint density at radius 1 is 1.24 bits per heavy atom. The summed E-state index contributed by atoms with van der Waals surface area (Å²) < 4.78 is 4.79. The van der Waals surface area contributed by atoms with E-state index < -0.39 is 11.4 Å². The average molecular weight is 240 g/mol. The number of esters is 1. The van der Waals surface area contributed by atoms with Crippen molar-refractivity contribution in [3.63, 3.8) is 0 Å². The maximum atomic E-state index is 12.2. The molecule has 4 nitrogen and oxygen atoms in total. The number of methoxy groups -OCH3 is 1. The molecule has 1 aliphatic carbocycles. The highest BCUT2D eigenvalue weighted by Gasteiger charge is 2.46. The lowest BCUT2D eigenvalue weighted by Crippen LogP contribution is -2.42. The first kappa shape index (κ1) is 13.9. The second-order valence-corrected chi connectivity index (χ2v) is 4.62. The van der Waals surface area contributed by atoms with E-state index in [9.17, 15) is 14.4 Å². The van der Waals surface area contributed by atoms with Crippen LogP contribution in [0.15, 0.2) is 0 Å². The summed E-state index contributed by atoms with van der Waals surface area (Å²) in [6.45, 7) is 0. The lowest BCUT2D eigenvalue weighted by Gasteiger charge is -2.32. The van der Waals surface area contributed by atoms with E-state index in [4.69, 9.17) is 4.74 Å². The monoisotopic (exact) mass is 240 g/mol. The normalized spacial score (nSPS) is 18.4. The Bertz CT molecular complexity index is 290. The maximum absolute atomic E-state index is 12.2. The van der Waals surface area contributed by atoms with Gasteiger partial charge < -0.3 is 9.53 Å². The van der Waals surface area contributed by atoms with Crippen LogP contribution in [0, 0.1) is 5.41 Å². The van der Waals surface area contributed by atoms with Crippen molar-refractivity contribution in [2.24, 2.45) is 5.41 Å². The first-order chi connectivity index (χ1) is 8.17. The number of hydrogen-bond acceptors (Lipinski definition) is 4. The van der Waals surface area contributed by atoms with Gasteiger partial charge in [0.2, 0.25) is 0 Å². The Kier molecular flexibility index (Phi) is 5.32. The summed E-state index contributed by atoms with van der Waals surface area (Å²) in [5.74, 6) is -0.445. The van der Waals surface area contributed by atoms with E-state index in [2.05, 4.69) is 0 Å². The molecule has 0 atom stereocenters. The molecular weight excluding hydrogens is 220 g/mol. The molecule has 4 heteroatoms. The van der Waals surface area contributed by atoms with Crippen molar-refractivity contribution in [2.75, 3.05) is 7.11 Å². The van der Waals surface area contributed by atoms with Gasteiger partial charge in [0.1, 0.15) is 17.5 Å². The number of unbranched alkanes of at least 4 members (excludes halogenated alkanes) is 1. The summed E-state index contributed by atoms with van der Waals surface area (Å²) in [7, 11) is 1.33. The molecular formula is C13H20O4. The zero-order valence-corrected chi connectivity index (χ0v) is 10.4. The van der Waals surface area contributed by atoms with Crippen LogP contribution in [0.5, 0.6) is 0 Å². The molecule has 1 fully saturated rings. The lowest BCUT2D eigenvalue weighted by atomic mass is 9.70. The van der Waals surface area contributed by atoms with Gasteiger partial charge in [0, 0.05) is 12.8 Å². The maximum Gasteiger partial charge on any atom is 0.319 e. The fraction of sp³-hybridized carbons (Fsp3) is 0.769. The number of aldehydes is 1. The molecule has 1 rings (SSSR count). The number of ether oxygens (including phenoxy) is 1. The second kappa shape index (κ2) is 6.52. The topological polar surface area (TPSA) is 60.4 Å². The third kappa shape index (κ3) is 3.14. The summed E-state index contributed by atoms with van der Waals surface area (Å²) in [5, 5.41) is 0. The Labute approximate surface area is 102 Å². The van der Waals surface area contributed by atoms with Gasteiger partial charge in [-0.05, 0) is 19.3 Å². The third-order valence-corrected chi connectivity index (χ3v) is 3.54. The van der Waals surface area contributed by atoms with Crippen LogP contribution in [0.25, 0.3) is 0 Å². The number of rotatable bonds is 6. The van der Waals surface area contributed by atoms with Crippen molar-refractivity contribution in [2.45, 2.75) is 51.4 Å². The van der Waals surface area contributed by atoms with Gasteiger partial charge in [-0.15, -0.1) is 0 Å². The molecule has 0 N–H and O–H groups in total. The first-order valence-electron chi connectivity index (χ1n) is 6.23. The molecule has 0 unspecified atom stereocenters. The molecule has 0 aromatic carbocycles. The minimum atomic E-state index is -0.921. The Morgan fingerprint density at radius 2 is 1.88 bits per heavy atom. The minimum absolute atomic E-state index is 0.0501. The van der Waals surface area contributed by atoms with Gasteiger partial charge in [-0.2, -0.15) is 0 Å². The standard InChI is InChI=1S/C13H20O4/c1-17-12(16)13(8-4-2-5-9-13)11(15)7-3-6-10-14/h10H,2-9H2,1H3. The average Bonchev–Trinajstić information content (AvgIpc) is 2.38. The predicted octanol–water partition coefficient (Wildman–Crippen LogP) is 2.05. The largest absolute Gasteiger partial charge is 0.468 e. The first-order valence-corrected chi connectivity index (χ1v) is 6.23. The van der Waals surface area contributed by atoms with Crippen LogP contribution >= 0.6 is 0 Å². The molecule has 0 spiro atoms. The highest BCUT2D eigenvalue weighted by atomic mass is 16.5. The highest BCUT2D eigenvalue weighted by molar-refractivity contribution is 6.03. The molecule has 0 aromatic rings. The smallest absolute Gasteiger partial charge is 0.319 e. The van der Waals surface area contributed by atoms with Crippen LogP contribution < -0.4 is 0 Å². The molecule has 0 aliphatic heterocycles. The van der Waals surface area contributed by atoms with Gasteiger partial charge in [-0.1, -0.05) is 19.3 Å². The number of carbonyl (C=O) groups excluding carboxylic acids is 3. The van der Waals surface area contributed by atoms with Crippen molar-refractivity contribution in [1.29, 1.82) is 0 Å². The number of Topliss-reactive ketones (excluding diaryl/α,β-unsaturated/α-hetero) is 1. The van der Waals surface area contributed by atoms with E-state index >= 15 is 0 Å². The van der Waals surface area contributed by atoms with E-state index in [0.29, 0.717) is 32.1 Å². The van der Waals surface area contributed by atoms with E-state index in [1.165, 1.54) is 7.11 Å². The molecule has 17 heavy (non-hydrogen) atoms. The van der Waals surface area contributed by atoms with E-state index in [0.717, 1.165) is 25.5 Å². The summed E-state index contributed by atoms with van der Waals surface area (Å²) in [5.41, 5.74) is -0.921. The van der Waals surface area contributed by atoms with Crippen molar-refractivity contribution < 1.29 is 19.1 Å². The Morgan fingerprint density at radius 3 is 2.41 bits per heavy atom. The second-order valence-electron chi connectivity index (χ2n) is 4.62. The Balaban J connectivity index is 2.71. The van der Waals surface area contributed by atoms with Crippen molar-refractivity contribution in [1.82, 2.24) is 0 Å². The SMILES string of the molecule is COC(=O)C1(C(=O)CCCC=O)CCCCC1. The van der Waals surface area contributed by atoms with Gasteiger partial charge in [-0.3, -0.25) is 9.59 Å². The van der Waals surface area contributed by atoms with Crippen LogP contribution in [-0.2, 0) is 19.1 Å². The summed E-state index contributed by atoms with van der Waals surface area (Å²) in [4.78, 5) is 34.3. The third-order valence-electron chi connectivity index (χ3n) is 3.54. The fourth-order valence-corrected chi connectivity index (χ4v) is 2.53. The van der Waals surface area contributed by atoms with E-state index in [1.54, 1.807) is 0 Å². The molecule has 1 aliphatic rings. The van der Waals surface area contributed by atoms with Crippen LogP contribution in [0.2, 0.25) is 0 Å². The molecule has 0 radical (unpaired) electrons. The van der Waals surface area contributed by atoms with Crippen LogP contribution in [0.1, 0.15) is 51.4 Å². The van der Waals surface area contributed by atoms with Crippen LogP contribution in [0.4, 0.5) is 0 Å². The number of hydrogen-bond donors (Lipinski definition) is 0. The highest BCUT2D eigenvalue weighted by Crippen LogP contribution is 2.39. The molecule has 0 saturated heterocycles. The molecule has 0 bridgehead atoms. The van der Waals surface area contributed by atoms with Crippen molar-refractivity contribution >= 4 is 18.0 Å². The predicted molar refractivity (Wildman–Crippen MR) is 62.5 cm³/mol. The minimum Gasteiger partial charge on any atom is -0.468 e.